The predicted molar refractivity (Wildman–Crippen MR) is 102 cm³/mol. The lowest BCUT2D eigenvalue weighted by Gasteiger charge is -2.26. The molecule has 1 N–H and O–H groups in total. The summed E-state index contributed by atoms with van der Waals surface area (Å²) in [7, 11) is 0. The van der Waals surface area contributed by atoms with Gasteiger partial charge in [-0.25, -0.2) is 0 Å². The molecule has 1 amide bonds. The highest BCUT2D eigenvalue weighted by Gasteiger charge is 2.12. The van der Waals surface area contributed by atoms with Crippen LogP contribution in [0.4, 0.5) is 14.5 Å². The molecule has 0 aromatic heterocycles. The van der Waals surface area contributed by atoms with E-state index in [4.69, 9.17) is 0 Å². The molecular weight excluding hydrogens is 354 g/mol. The molecule has 0 saturated carbocycles. The molecule has 1 aliphatic heterocycles. The zero-order valence-corrected chi connectivity index (χ0v) is 15.3. The molecular formula is C20H22F2N2OS. The summed E-state index contributed by atoms with van der Waals surface area (Å²) < 4.78 is 24.7. The third-order valence-electron chi connectivity index (χ3n) is 4.38. The van der Waals surface area contributed by atoms with E-state index in [9.17, 15) is 13.6 Å². The Labute approximate surface area is 156 Å². The molecule has 0 radical (unpaired) electrons. The highest BCUT2D eigenvalue weighted by atomic mass is 32.2. The van der Waals surface area contributed by atoms with E-state index in [0.29, 0.717) is 22.2 Å². The summed E-state index contributed by atoms with van der Waals surface area (Å²) in [5.74, 6) is -2.70. The molecule has 0 atom stereocenters. The summed E-state index contributed by atoms with van der Waals surface area (Å²) in [6, 6.07) is 14.1. The van der Waals surface area contributed by atoms with Crippen LogP contribution < -0.4 is 5.32 Å². The van der Waals surface area contributed by atoms with Crippen LogP contribution in [-0.4, -0.2) is 29.7 Å². The number of hydrogen-bond acceptors (Lipinski definition) is 3. The maximum atomic E-state index is 12.4. The molecule has 0 bridgehead atoms. The first-order chi connectivity index (χ1) is 12.6. The summed E-state index contributed by atoms with van der Waals surface area (Å²) in [4.78, 5) is 15.3. The number of hydrogen-bond donors (Lipinski definition) is 1. The zero-order valence-electron chi connectivity index (χ0n) is 14.5. The van der Waals surface area contributed by atoms with Crippen LogP contribution in [0, 0.1) is 0 Å². The van der Waals surface area contributed by atoms with Crippen LogP contribution in [0.2, 0.25) is 0 Å². The first-order valence-corrected chi connectivity index (χ1v) is 9.66. The quantitative estimate of drug-likeness (QED) is 0.700. The van der Waals surface area contributed by atoms with E-state index in [1.165, 1.54) is 24.8 Å². The molecule has 0 aliphatic carbocycles. The second-order valence-electron chi connectivity index (χ2n) is 6.39. The Morgan fingerprint density at radius 3 is 2.50 bits per heavy atom. The number of thioether (sulfide) groups is 1. The highest BCUT2D eigenvalue weighted by Crippen LogP contribution is 2.25. The number of halogens is 2. The third-order valence-corrected chi connectivity index (χ3v) is 5.10. The molecule has 1 aliphatic rings. The Hall–Kier alpha value is -1.92. The molecule has 1 fully saturated rings. The summed E-state index contributed by atoms with van der Waals surface area (Å²) >= 11 is 0.472. The van der Waals surface area contributed by atoms with E-state index in [1.807, 2.05) is 18.2 Å². The smallest absolute Gasteiger partial charge is 0.288 e. The Morgan fingerprint density at radius 1 is 1.08 bits per heavy atom. The average molecular weight is 376 g/mol. The summed E-state index contributed by atoms with van der Waals surface area (Å²) in [5.41, 5.74) is 2.37. The maximum Gasteiger partial charge on any atom is 0.288 e. The first kappa shape index (κ1) is 18.9. The van der Waals surface area contributed by atoms with Crippen LogP contribution in [0.25, 0.3) is 0 Å². The molecule has 138 valence electrons. The molecule has 2 aromatic rings. The van der Waals surface area contributed by atoms with Gasteiger partial charge in [0.15, 0.2) is 0 Å². The van der Waals surface area contributed by atoms with E-state index in [-0.39, 0.29) is 5.91 Å². The Bertz CT molecular complexity index is 731. The topological polar surface area (TPSA) is 32.3 Å². The van der Waals surface area contributed by atoms with E-state index in [2.05, 4.69) is 16.3 Å². The van der Waals surface area contributed by atoms with Gasteiger partial charge < -0.3 is 5.32 Å². The minimum Gasteiger partial charge on any atom is -0.322 e. The van der Waals surface area contributed by atoms with Crippen molar-refractivity contribution in [3.8, 4) is 0 Å². The van der Waals surface area contributed by atoms with Crippen molar-refractivity contribution in [3.05, 3.63) is 59.7 Å². The SMILES string of the molecule is O=C(Nc1cccc(CN2CCCCC2)c1)c1ccc(SC(F)F)cc1. The molecule has 0 spiro atoms. The number of alkyl halides is 2. The Balaban J connectivity index is 1.60. The predicted octanol–water partition coefficient (Wildman–Crippen LogP) is 5.24. The standard InChI is InChI=1S/C20H22F2N2OS/c21-20(22)26-18-9-7-16(8-10-18)19(25)23-17-6-4-5-15(13-17)14-24-11-2-1-3-12-24/h4-10,13,20H,1-3,11-12,14H2,(H,23,25). The number of nitrogens with one attached hydrogen (secondary N) is 1. The molecule has 2 aromatic carbocycles. The number of carbonyl (C=O) groups is 1. The van der Waals surface area contributed by atoms with Gasteiger partial charge in [-0.2, -0.15) is 8.78 Å². The second-order valence-corrected chi connectivity index (χ2v) is 7.46. The van der Waals surface area contributed by atoms with Crippen LogP contribution in [0.5, 0.6) is 0 Å². The Kier molecular flexibility index (Phi) is 6.63. The molecule has 0 unspecified atom stereocenters. The van der Waals surface area contributed by atoms with Gasteiger partial charge in [-0.15, -0.1) is 0 Å². The lowest BCUT2D eigenvalue weighted by Crippen LogP contribution is -2.29. The molecule has 6 heteroatoms. The normalized spacial score (nSPS) is 15.2. The van der Waals surface area contributed by atoms with E-state index < -0.39 is 5.76 Å². The second kappa shape index (κ2) is 9.14. The summed E-state index contributed by atoms with van der Waals surface area (Å²) in [5, 5.41) is 2.88. The van der Waals surface area contributed by atoms with Crippen molar-refractivity contribution >= 4 is 23.4 Å². The fourth-order valence-electron chi connectivity index (χ4n) is 3.11. The van der Waals surface area contributed by atoms with Gasteiger partial charge in [0.25, 0.3) is 11.7 Å². The minimum absolute atomic E-state index is 0.242. The number of rotatable bonds is 6. The van der Waals surface area contributed by atoms with E-state index >= 15 is 0 Å². The van der Waals surface area contributed by atoms with Gasteiger partial charge in [-0.05, 0) is 67.9 Å². The minimum atomic E-state index is -2.46. The van der Waals surface area contributed by atoms with Crippen LogP contribution in [0.15, 0.2) is 53.4 Å². The number of carbonyl (C=O) groups excluding carboxylic acids is 1. The summed E-state index contributed by atoms with van der Waals surface area (Å²) in [6.45, 7) is 3.14. The number of piperidine rings is 1. The molecule has 3 nitrogen and oxygen atoms in total. The van der Waals surface area contributed by atoms with Gasteiger partial charge in [0.1, 0.15) is 0 Å². The van der Waals surface area contributed by atoms with Gasteiger partial charge in [0, 0.05) is 22.7 Å². The van der Waals surface area contributed by atoms with Crippen LogP contribution >= 0.6 is 11.8 Å². The number of anilines is 1. The number of likely N-dealkylation sites (tertiary alicyclic amines) is 1. The zero-order chi connectivity index (χ0) is 18.4. The fourth-order valence-corrected chi connectivity index (χ4v) is 3.61. The molecule has 1 heterocycles. The van der Waals surface area contributed by atoms with Gasteiger partial charge in [0.05, 0.1) is 0 Å². The lowest BCUT2D eigenvalue weighted by molar-refractivity contribution is 0.102. The van der Waals surface area contributed by atoms with Crippen molar-refractivity contribution in [3.63, 3.8) is 0 Å². The van der Waals surface area contributed by atoms with Gasteiger partial charge >= 0.3 is 0 Å². The van der Waals surface area contributed by atoms with Crippen molar-refractivity contribution in [2.45, 2.75) is 36.5 Å². The van der Waals surface area contributed by atoms with E-state index in [0.717, 1.165) is 25.3 Å². The highest BCUT2D eigenvalue weighted by molar-refractivity contribution is 7.99. The monoisotopic (exact) mass is 376 g/mol. The molecule has 3 rings (SSSR count). The largest absolute Gasteiger partial charge is 0.322 e. The third kappa shape index (κ3) is 5.54. The van der Waals surface area contributed by atoms with Crippen LogP contribution in [0.3, 0.4) is 0 Å². The van der Waals surface area contributed by atoms with Crippen molar-refractivity contribution in [1.82, 2.24) is 4.90 Å². The van der Waals surface area contributed by atoms with Crippen molar-refractivity contribution in [2.75, 3.05) is 18.4 Å². The van der Waals surface area contributed by atoms with Crippen LogP contribution in [-0.2, 0) is 6.54 Å². The van der Waals surface area contributed by atoms with Gasteiger partial charge in [-0.1, -0.05) is 30.3 Å². The summed E-state index contributed by atoms with van der Waals surface area (Å²) in [6.07, 6.45) is 3.80. The number of amides is 1. The molecule has 26 heavy (non-hydrogen) atoms. The Morgan fingerprint density at radius 2 is 1.81 bits per heavy atom. The van der Waals surface area contributed by atoms with Crippen molar-refractivity contribution in [1.29, 1.82) is 0 Å². The van der Waals surface area contributed by atoms with Gasteiger partial charge in [-0.3, -0.25) is 9.69 Å². The van der Waals surface area contributed by atoms with Crippen LogP contribution in [0.1, 0.15) is 35.2 Å². The van der Waals surface area contributed by atoms with Crippen molar-refractivity contribution in [2.24, 2.45) is 0 Å². The average Bonchev–Trinajstić information content (AvgIpc) is 2.63. The van der Waals surface area contributed by atoms with Crippen molar-refractivity contribution < 1.29 is 13.6 Å². The van der Waals surface area contributed by atoms with E-state index in [1.54, 1.807) is 24.3 Å². The number of benzene rings is 2. The number of nitrogens with zero attached hydrogens (tertiary/aromatic N) is 1. The van der Waals surface area contributed by atoms with Gasteiger partial charge in [0.2, 0.25) is 0 Å². The lowest BCUT2D eigenvalue weighted by atomic mass is 10.1. The fraction of sp³-hybridized carbons (Fsp3) is 0.350. The molecule has 1 saturated heterocycles. The first-order valence-electron chi connectivity index (χ1n) is 8.78. The maximum absolute atomic E-state index is 12.4.